The standard InChI is InChI=1S/C32H37FN2O12/c1-29-10-9-20(37)11-19(29)7-8-21-22-12-24(38)32(43,30(22,2)13-25(39)31(21,29)33)26(40)16-46-28(42)23(14-36)34-27(41)18-5-3-17(4-6-18)15-47-35(44)45/h3-6,9-11,21-25,36,38-39,43H,7-8,12-16H2,1-2H3,(H,34,41)/t21?,22?,23?,24-,25+,29+,30+,31+,32+/m1/s1. The van der Waals surface area contributed by atoms with Crippen molar-refractivity contribution in [1.29, 1.82) is 0 Å². The highest BCUT2D eigenvalue weighted by molar-refractivity contribution is 6.01. The summed E-state index contributed by atoms with van der Waals surface area (Å²) in [5.41, 5.74) is -6.65. The Morgan fingerprint density at radius 1 is 1.15 bits per heavy atom. The van der Waals surface area contributed by atoms with E-state index in [9.17, 15) is 49.7 Å². The number of carbonyl (C=O) groups excluding carboxylic acids is 4. The van der Waals surface area contributed by atoms with E-state index in [4.69, 9.17) is 4.74 Å². The number of ether oxygens (including phenoxy) is 1. The van der Waals surface area contributed by atoms with E-state index in [1.807, 2.05) is 0 Å². The highest BCUT2D eigenvalue weighted by atomic mass is 19.1. The van der Waals surface area contributed by atoms with E-state index in [2.05, 4.69) is 10.2 Å². The molecule has 4 aliphatic rings. The number of hydrogen-bond acceptors (Lipinski definition) is 12. The second-order valence-corrected chi connectivity index (χ2v) is 13.2. The van der Waals surface area contributed by atoms with Gasteiger partial charge in [-0.3, -0.25) is 14.4 Å². The van der Waals surface area contributed by atoms with Crippen LogP contribution in [0.25, 0.3) is 0 Å². The van der Waals surface area contributed by atoms with Gasteiger partial charge >= 0.3 is 5.97 Å². The molecule has 14 nitrogen and oxygen atoms in total. The summed E-state index contributed by atoms with van der Waals surface area (Å²) in [5, 5.41) is 55.8. The van der Waals surface area contributed by atoms with E-state index in [0.717, 1.165) is 0 Å². The van der Waals surface area contributed by atoms with Crippen LogP contribution in [0, 0.1) is 32.8 Å². The molecule has 5 rings (SSSR count). The number of benzene rings is 1. The zero-order chi connectivity index (χ0) is 34.5. The van der Waals surface area contributed by atoms with Crippen LogP contribution in [-0.2, 0) is 30.6 Å². The van der Waals surface area contributed by atoms with E-state index in [1.54, 1.807) is 6.92 Å². The highest BCUT2D eigenvalue weighted by Gasteiger charge is 2.76. The van der Waals surface area contributed by atoms with Gasteiger partial charge < -0.3 is 35.3 Å². The van der Waals surface area contributed by atoms with Crippen molar-refractivity contribution >= 4 is 23.4 Å². The third-order valence-electron chi connectivity index (χ3n) is 11.0. The molecule has 15 heteroatoms. The number of allylic oxidation sites excluding steroid dienone is 4. The maximum Gasteiger partial charge on any atom is 0.331 e. The number of ketones is 2. The van der Waals surface area contributed by atoms with Crippen LogP contribution in [0.5, 0.6) is 0 Å². The topological polar surface area (TPSA) is 223 Å². The summed E-state index contributed by atoms with van der Waals surface area (Å²) >= 11 is 0. The van der Waals surface area contributed by atoms with E-state index >= 15 is 4.39 Å². The number of nitrogens with zero attached hydrogens (tertiary/aromatic N) is 1. The first-order chi connectivity index (χ1) is 22.0. The summed E-state index contributed by atoms with van der Waals surface area (Å²) in [6.45, 7) is 0.795. The number of amides is 1. The number of Topliss-reactive ketones (excluding diaryl/α,β-unsaturated/α-hetero) is 1. The zero-order valence-electron chi connectivity index (χ0n) is 25.8. The van der Waals surface area contributed by atoms with Gasteiger partial charge in [-0.15, -0.1) is 10.1 Å². The number of halogens is 1. The fourth-order valence-corrected chi connectivity index (χ4v) is 8.38. The van der Waals surface area contributed by atoms with Crippen LogP contribution in [0.3, 0.4) is 0 Å². The van der Waals surface area contributed by atoms with Crippen LogP contribution in [0.2, 0.25) is 0 Å². The monoisotopic (exact) mass is 660 g/mol. The first kappa shape index (κ1) is 34.3. The van der Waals surface area contributed by atoms with Crippen molar-refractivity contribution in [1.82, 2.24) is 5.32 Å². The molecule has 47 heavy (non-hydrogen) atoms. The third kappa shape index (κ3) is 5.34. The maximum absolute atomic E-state index is 17.3. The van der Waals surface area contributed by atoms with Gasteiger partial charge in [-0.25, -0.2) is 9.18 Å². The molecule has 0 bridgehead atoms. The SMILES string of the molecule is C[C@]12C=CC(=O)C=C1CCC1C3C[C@@H](O)[C@](O)(C(=O)COC(=O)C(CO)NC(=O)c4ccc(CO[N+](=O)[O-])cc4)[C@@]3(C)C[C@H](O)[C@@]12F. The number of alkyl halides is 1. The maximum atomic E-state index is 17.3. The summed E-state index contributed by atoms with van der Waals surface area (Å²) in [5.74, 6) is -5.05. The molecule has 5 N–H and O–H groups in total. The molecule has 0 saturated heterocycles. The molecule has 0 aliphatic heterocycles. The number of aliphatic hydroxyl groups is 4. The number of rotatable bonds is 10. The van der Waals surface area contributed by atoms with Gasteiger partial charge in [0, 0.05) is 22.3 Å². The minimum Gasteiger partial charge on any atom is -0.456 e. The molecule has 0 spiro atoms. The Kier molecular flexibility index (Phi) is 8.90. The second kappa shape index (κ2) is 12.2. The summed E-state index contributed by atoms with van der Waals surface area (Å²) < 4.78 is 22.3. The van der Waals surface area contributed by atoms with Gasteiger partial charge in [0.05, 0.1) is 18.8 Å². The predicted molar refractivity (Wildman–Crippen MR) is 157 cm³/mol. The molecule has 1 aromatic carbocycles. The fourth-order valence-electron chi connectivity index (χ4n) is 8.38. The predicted octanol–water partition coefficient (Wildman–Crippen LogP) is 0.671. The summed E-state index contributed by atoms with van der Waals surface area (Å²) in [6, 6.07) is 3.77. The summed E-state index contributed by atoms with van der Waals surface area (Å²) in [7, 11) is 0. The number of hydrogen-bond donors (Lipinski definition) is 5. The van der Waals surface area contributed by atoms with Crippen LogP contribution >= 0.6 is 0 Å². The summed E-state index contributed by atoms with van der Waals surface area (Å²) in [4.78, 5) is 65.7. The van der Waals surface area contributed by atoms with Gasteiger partial charge in [-0.2, -0.15) is 0 Å². The van der Waals surface area contributed by atoms with E-state index < -0.39 is 94.6 Å². The highest BCUT2D eigenvalue weighted by Crippen LogP contribution is 2.69. The Morgan fingerprint density at radius 3 is 2.47 bits per heavy atom. The van der Waals surface area contributed by atoms with Crippen molar-refractivity contribution in [2.75, 3.05) is 13.2 Å². The summed E-state index contributed by atoms with van der Waals surface area (Å²) in [6.07, 6.45) is 0.716. The Balaban J connectivity index is 1.27. The number of nitrogens with one attached hydrogen (secondary N) is 1. The molecule has 3 unspecified atom stereocenters. The van der Waals surface area contributed by atoms with Gasteiger partial charge in [0.15, 0.2) is 29.7 Å². The minimum atomic E-state index is -2.53. The van der Waals surface area contributed by atoms with Gasteiger partial charge in [-0.05, 0) is 68.4 Å². The largest absolute Gasteiger partial charge is 0.456 e. The molecule has 9 atom stereocenters. The smallest absolute Gasteiger partial charge is 0.331 e. The average molecular weight is 661 g/mol. The molecule has 3 fully saturated rings. The van der Waals surface area contributed by atoms with Crippen molar-refractivity contribution < 1.29 is 58.7 Å². The second-order valence-electron chi connectivity index (χ2n) is 13.2. The lowest BCUT2D eigenvalue weighted by Gasteiger charge is -2.62. The lowest BCUT2D eigenvalue weighted by Crippen LogP contribution is -2.69. The van der Waals surface area contributed by atoms with Gasteiger partial charge in [-0.1, -0.05) is 30.7 Å². The normalized spacial score (nSPS) is 36.2. The van der Waals surface area contributed by atoms with Gasteiger partial charge in [0.25, 0.3) is 11.0 Å². The Bertz CT molecular complexity index is 1550. The molecule has 1 amide bonds. The van der Waals surface area contributed by atoms with Crippen LogP contribution in [0.15, 0.2) is 48.1 Å². The number of fused-ring (bicyclic) bond motifs is 5. The van der Waals surface area contributed by atoms with E-state index in [-0.39, 0.29) is 30.8 Å². The molecule has 0 heterocycles. The first-order valence-corrected chi connectivity index (χ1v) is 15.2. The molecule has 0 aromatic heterocycles. The van der Waals surface area contributed by atoms with Crippen molar-refractivity contribution in [2.24, 2.45) is 22.7 Å². The fraction of sp³-hybridized carbons (Fsp3) is 0.562. The van der Waals surface area contributed by atoms with Crippen LogP contribution < -0.4 is 5.32 Å². The van der Waals surface area contributed by atoms with Crippen molar-refractivity contribution in [3.05, 3.63) is 69.3 Å². The number of carbonyl (C=O) groups is 4. The van der Waals surface area contributed by atoms with Crippen LogP contribution in [0.1, 0.15) is 55.5 Å². The molecular weight excluding hydrogens is 623 g/mol. The Labute approximate surface area is 268 Å². The quantitative estimate of drug-likeness (QED) is 0.133. The molecule has 4 aliphatic carbocycles. The van der Waals surface area contributed by atoms with Gasteiger partial charge in [0.2, 0.25) is 5.78 Å². The molecule has 0 radical (unpaired) electrons. The van der Waals surface area contributed by atoms with Crippen molar-refractivity contribution in [3.8, 4) is 0 Å². The Morgan fingerprint density at radius 2 is 1.83 bits per heavy atom. The molecular formula is C32H37FN2O12. The number of aliphatic hydroxyl groups excluding tert-OH is 3. The van der Waals surface area contributed by atoms with Crippen molar-refractivity contribution in [2.45, 2.75) is 75.7 Å². The first-order valence-electron chi connectivity index (χ1n) is 15.2. The Hall–Kier alpha value is -4.05. The lowest BCUT2D eigenvalue weighted by molar-refractivity contribution is -0.763. The third-order valence-corrected chi connectivity index (χ3v) is 11.0. The number of esters is 1. The molecule has 3 saturated carbocycles. The van der Waals surface area contributed by atoms with E-state index in [1.165, 1.54) is 49.4 Å². The van der Waals surface area contributed by atoms with Crippen LogP contribution in [0.4, 0.5) is 4.39 Å². The molecule has 1 aromatic rings. The van der Waals surface area contributed by atoms with Gasteiger partial charge in [0.1, 0.15) is 6.61 Å². The van der Waals surface area contributed by atoms with Crippen LogP contribution in [-0.4, -0.2) is 91.7 Å². The zero-order valence-corrected chi connectivity index (χ0v) is 25.8. The minimum absolute atomic E-state index is 0.0360. The van der Waals surface area contributed by atoms with Crippen molar-refractivity contribution in [3.63, 3.8) is 0 Å². The lowest BCUT2D eigenvalue weighted by atomic mass is 9.44. The van der Waals surface area contributed by atoms with E-state index in [0.29, 0.717) is 17.6 Å². The average Bonchev–Trinajstić information content (AvgIpc) is 3.23. The molecule has 254 valence electrons.